The zero-order valence-corrected chi connectivity index (χ0v) is 7.45. The summed E-state index contributed by atoms with van der Waals surface area (Å²) in [5.41, 5.74) is 0. The zero-order chi connectivity index (χ0) is 8.27. The van der Waals surface area contributed by atoms with Gasteiger partial charge in [0.05, 0.1) is 0 Å². The molecule has 0 aromatic carbocycles. The zero-order valence-electron chi connectivity index (χ0n) is 7.45. The van der Waals surface area contributed by atoms with Crippen LogP contribution in [-0.2, 0) is 0 Å². The van der Waals surface area contributed by atoms with E-state index in [1.165, 1.54) is 25.9 Å². The summed E-state index contributed by atoms with van der Waals surface area (Å²) in [6, 6.07) is 0.615. The van der Waals surface area contributed by atoms with Crippen LogP contribution in [0.15, 0.2) is 5.10 Å². The molecule has 0 aliphatic carbocycles. The number of hydrazone groups is 1. The van der Waals surface area contributed by atoms with Gasteiger partial charge in [0.2, 0.25) is 0 Å². The Morgan fingerprint density at radius 2 is 2.00 bits per heavy atom. The molecule has 0 aromatic rings. The van der Waals surface area contributed by atoms with E-state index in [9.17, 15) is 0 Å². The molecule has 0 radical (unpaired) electrons. The van der Waals surface area contributed by atoms with Crippen molar-refractivity contribution in [3.05, 3.63) is 0 Å². The van der Waals surface area contributed by atoms with E-state index in [0.717, 1.165) is 0 Å². The third kappa shape index (κ3) is 2.19. The van der Waals surface area contributed by atoms with Gasteiger partial charge < -0.3 is 4.90 Å². The SMILES string of the molecule is C=NN(C)C1CCN(C)CC1. The highest BCUT2D eigenvalue weighted by molar-refractivity contribution is 5.22. The van der Waals surface area contributed by atoms with Crippen molar-refractivity contribution in [2.75, 3.05) is 27.2 Å². The molecule has 1 aliphatic rings. The topological polar surface area (TPSA) is 18.8 Å². The predicted molar refractivity (Wildman–Crippen MR) is 47.8 cm³/mol. The summed E-state index contributed by atoms with van der Waals surface area (Å²) in [5, 5.41) is 5.88. The highest BCUT2D eigenvalue weighted by Gasteiger charge is 2.18. The average Bonchev–Trinajstić information content (AvgIpc) is 2.05. The van der Waals surface area contributed by atoms with E-state index < -0.39 is 0 Å². The van der Waals surface area contributed by atoms with E-state index in [1.54, 1.807) is 0 Å². The first kappa shape index (κ1) is 8.53. The summed E-state index contributed by atoms with van der Waals surface area (Å²) in [7, 11) is 4.17. The van der Waals surface area contributed by atoms with Crippen molar-refractivity contribution in [2.24, 2.45) is 5.10 Å². The van der Waals surface area contributed by atoms with Crippen LogP contribution in [0.4, 0.5) is 0 Å². The van der Waals surface area contributed by atoms with Gasteiger partial charge in [-0.25, -0.2) is 0 Å². The monoisotopic (exact) mass is 155 g/mol. The van der Waals surface area contributed by atoms with Crippen molar-refractivity contribution < 1.29 is 0 Å². The Morgan fingerprint density at radius 3 is 2.45 bits per heavy atom. The number of nitrogens with zero attached hydrogens (tertiary/aromatic N) is 3. The number of piperidine rings is 1. The molecule has 0 aromatic heterocycles. The summed E-state index contributed by atoms with van der Waals surface area (Å²) < 4.78 is 0. The normalized spacial score (nSPS) is 21.6. The number of rotatable bonds is 2. The van der Waals surface area contributed by atoms with Crippen LogP contribution >= 0.6 is 0 Å². The highest BCUT2D eigenvalue weighted by Crippen LogP contribution is 2.13. The smallest absolute Gasteiger partial charge is 0.0491 e. The van der Waals surface area contributed by atoms with Gasteiger partial charge in [0.25, 0.3) is 0 Å². The molecule has 3 nitrogen and oxygen atoms in total. The summed E-state index contributed by atoms with van der Waals surface area (Å²) in [5.74, 6) is 0. The van der Waals surface area contributed by atoms with Crippen LogP contribution < -0.4 is 0 Å². The Bertz CT molecular complexity index is 127. The molecule has 1 rings (SSSR count). The molecule has 3 heteroatoms. The lowest BCUT2D eigenvalue weighted by atomic mass is 10.1. The largest absolute Gasteiger partial charge is 0.306 e. The Hall–Kier alpha value is -0.570. The molecule has 0 unspecified atom stereocenters. The van der Waals surface area contributed by atoms with Gasteiger partial charge in [-0.2, -0.15) is 5.10 Å². The fourth-order valence-corrected chi connectivity index (χ4v) is 1.48. The lowest BCUT2D eigenvalue weighted by Gasteiger charge is -2.33. The third-order valence-corrected chi connectivity index (χ3v) is 2.44. The number of likely N-dealkylation sites (tertiary alicyclic amines) is 1. The van der Waals surface area contributed by atoms with E-state index in [0.29, 0.717) is 6.04 Å². The minimum atomic E-state index is 0.615. The first-order valence-corrected chi connectivity index (χ1v) is 4.12. The van der Waals surface area contributed by atoms with E-state index >= 15 is 0 Å². The van der Waals surface area contributed by atoms with Crippen molar-refractivity contribution in [1.29, 1.82) is 0 Å². The first-order valence-electron chi connectivity index (χ1n) is 4.12. The predicted octanol–water partition coefficient (Wildman–Crippen LogP) is 0.628. The first-order chi connectivity index (χ1) is 5.24. The standard InChI is InChI=1S/C8H17N3/c1-9-11(3)8-4-6-10(2)7-5-8/h8H,1,4-7H2,2-3H3. The molecule has 0 spiro atoms. The molecule has 1 saturated heterocycles. The number of hydrogen-bond donors (Lipinski definition) is 0. The average molecular weight is 155 g/mol. The van der Waals surface area contributed by atoms with Crippen LogP contribution in [0.1, 0.15) is 12.8 Å². The third-order valence-electron chi connectivity index (χ3n) is 2.44. The molecule has 1 heterocycles. The second-order valence-corrected chi connectivity index (χ2v) is 3.25. The number of hydrogen-bond acceptors (Lipinski definition) is 3. The van der Waals surface area contributed by atoms with E-state index in [4.69, 9.17) is 0 Å². The van der Waals surface area contributed by atoms with E-state index in [-0.39, 0.29) is 0 Å². The molecule has 0 N–H and O–H groups in total. The fraction of sp³-hybridized carbons (Fsp3) is 0.875. The van der Waals surface area contributed by atoms with Crippen LogP contribution in [0, 0.1) is 0 Å². The van der Waals surface area contributed by atoms with E-state index in [1.807, 2.05) is 12.1 Å². The van der Waals surface area contributed by atoms with Gasteiger partial charge in [-0.1, -0.05) is 0 Å². The van der Waals surface area contributed by atoms with Gasteiger partial charge in [0.1, 0.15) is 0 Å². The molecular weight excluding hydrogens is 138 g/mol. The Kier molecular flexibility index (Phi) is 2.88. The molecule has 1 fully saturated rings. The van der Waals surface area contributed by atoms with E-state index in [2.05, 4.69) is 23.8 Å². The van der Waals surface area contributed by atoms with Crippen LogP contribution in [0.25, 0.3) is 0 Å². The highest BCUT2D eigenvalue weighted by atomic mass is 15.4. The maximum Gasteiger partial charge on any atom is 0.0491 e. The quantitative estimate of drug-likeness (QED) is 0.430. The van der Waals surface area contributed by atoms with Crippen molar-refractivity contribution in [3.8, 4) is 0 Å². The van der Waals surface area contributed by atoms with Gasteiger partial charge in [-0.05, 0) is 33.0 Å². The maximum atomic E-state index is 3.90. The van der Waals surface area contributed by atoms with Gasteiger partial charge in [-0.15, -0.1) is 0 Å². The Balaban J connectivity index is 2.32. The molecule has 0 atom stereocenters. The molecule has 1 aliphatic heterocycles. The summed E-state index contributed by atoms with van der Waals surface area (Å²) in [6.07, 6.45) is 2.43. The Morgan fingerprint density at radius 1 is 1.45 bits per heavy atom. The van der Waals surface area contributed by atoms with Gasteiger partial charge in [0, 0.05) is 19.8 Å². The molecule has 0 saturated carbocycles. The maximum absolute atomic E-state index is 3.90. The lowest BCUT2D eigenvalue weighted by Crippen LogP contribution is -2.39. The summed E-state index contributed by atoms with van der Waals surface area (Å²) in [4.78, 5) is 2.35. The lowest BCUT2D eigenvalue weighted by molar-refractivity contribution is 0.149. The van der Waals surface area contributed by atoms with Crippen LogP contribution in [-0.4, -0.2) is 49.9 Å². The van der Waals surface area contributed by atoms with Crippen LogP contribution in [0.2, 0.25) is 0 Å². The molecule has 0 amide bonds. The molecule has 64 valence electrons. The van der Waals surface area contributed by atoms with Gasteiger partial charge >= 0.3 is 0 Å². The van der Waals surface area contributed by atoms with Crippen LogP contribution in [0.5, 0.6) is 0 Å². The second kappa shape index (κ2) is 3.72. The minimum absolute atomic E-state index is 0.615. The molecular formula is C8H17N3. The van der Waals surface area contributed by atoms with Crippen molar-refractivity contribution in [3.63, 3.8) is 0 Å². The molecule has 0 bridgehead atoms. The second-order valence-electron chi connectivity index (χ2n) is 3.25. The van der Waals surface area contributed by atoms with Gasteiger partial charge in [-0.3, -0.25) is 5.01 Å². The Labute approximate surface area is 68.7 Å². The van der Waals surface area contributed by atoms with Crippen molar-refractivity contribution in [2.45, 2.75) is 18.9 Å². The summed E-state index contributed by atoms with van der Waals surface area (Å²) >= 11 is 0. The van der Waals surface area contributed by atoms with Crippen molar-refractivity contribution in [1.82, 2.24) is 9.91 Å². The fourth-order valence-electron chi connectivity index (χ4n) is 1.48. The van der Waals surface area contributed by atoms with Crippen molar-refractivity contribution >= 4 is 6.72 Å². The van der Waals surface area contributed by atoms with Gasteiger partial charge in [0.15, 0.2) is 0 Å². The summed E-state index contributed by atoms with van der Waals surface area (Å²) in [6.45, 7) is 5.89. The van der Waals surface area contributed by atoms with Crippen LogP contribution in [0.3, 0.4) is 0 Å². The molecule has 11 heavy (non-hydrogen) atoms. The minimum Gasteiger partial charge on any atom is -0.306 e.